The summed E-state index contributed by atoms with van der Waals surface area (Å²) in [6.07, 6.45) is 2.69. The van der Waals surface area contributed by atoms with E-state index in [2.05, 4.69) is 4.98 Å². The lowest BCUT2D eigenvalue weighted by molar-refractivity contribution is 0.237. The lowest BCUT2D eigenvalue weighted by atomic mass is 10.1. The van der Waals surface area contributed by atoms with Crippen LogP contribution in [0.5, 0.6) is 0 Å². The van der Waals surface area contributed by atoms with E-state index in [1.165, 1.54) is 0 Å². The molecule has 0 amide bonds. The lowest BCUT2D eigenvalue weighted by Gasteiger charge is -2.02. The van der Waals surface area contributed by atoms with Crippen LogP contribution < -0.4 is 0 Å². The van der Waals surface area contributed by atoms with Gasteiger partial charge in [0, 0.05) is 24.6 Å². The van der Waals surface area contributed by atoms with Crippen molar-refractivity contribution in [3.63, 3.8) is 0 Å². The number of aliphatic hydroxyl groups is 1. The molecule has 0 radical (unpaired) electrons. The van der Waals surface area contributed by atoms with Crippen LogP contribution in [0.25, 0.3) is 0 Å². The van der Waals surface area contributed by atoms with Gasteiger partial charge in [0.25, 0.3) is 0 Å². The molecule has 1 aromatic heterocycles. The highest BCUT2D eigenvalue weighted by Gasteiger charge is 2.02. The zero-order chi connectivity index (χ0) is 7.40. The minimum Gasteiger partial charge on any atom is -0.396 e. The molecule has 1 rings (SSSR count). The van der Waals surface area contributed by atoms with Crippen molar-refractivity contribution in [2.24, 2.45) is 5.92 Å². The summed E-state index contributed by atoms with van der Waals surface area (Å²) in [6.45, 7) is 2.26. The Bertz CT molecular complexity index is 174. The van der Waals surface area contributed by atoms with Gasteiger partial charge in [0.1, 0.15) is 0 Å². The van der Waals surface area contributed by atoms with E-state index in [0.29, 0.717) is 5.92 Å². The Kier molecular flexibility index (Phi) is 2.83. The molecule has 0 aliphatic heterocycles. The Hall–Kier alpha value is -0.410. The van der Waals surface area contributed by atoms with Crippen LogP contribution in [0, 0.1) is 5.92 Å². The number of aromatic nitrogens is 1. The number of rotatable bonds is 3. The molecule has 1 N–H and O–H groups in total. The second-order valence-corrected chi connectivity index (χ2v) is 3.40. The van der Waals surface area contributed by atoms with E-state index < -0.39 is 0 Å². The van der Waals surface area contributed by atoms with Crippen LogP contribution in [0.1, 0.15) is 11.9 Å². The van der Waals surface area contributed by atoms with Crippen LogP contribution in [0.15, 0.2) is 11.6 Å². The van der Waals surface area contributed by atoms with Crippen molar-refractivity contribution in [1.29, 1.82) is 0 Å². The maximum Gasteiger partial charge on any atom is 0.0928 e. The maximum absolute atomic E-state index is 8.71. The third-order valence-corrected chi connectivity index (χ3v) is 2.12. The topological polar surface area (TPSA) is 33.1 Å². The van der Waals surface area contributed by atoms with Gasteiger partial charge in [-0.3, -0.25) is 0 Å². The third kappa shape index (κ3) is 2.08. The van der Waals surface area contributed by atoms with Crippen LogP contribution in [0.4, 0.5) is 0 Å². The van der Waals surface area contributed by atoms with E-state index in [1.807, 2.05) is 12.3 Å². The molecule has 0 aliphatic carbocycles. The van der Waals surface area contributed by atoms with Crippen LogP contribution in [0.2, 0.25) is 0 Å². The molecule has 0 fully saturated rings. The molecule has 0 saturated carbocycles. The fourth-order valence-electron chi connectivity index (χ4n) is 0.716. The average Bonchev–Trinajstić information content (AvgIpc) is 2.40. The van der Waals surface area contributed by atoms with Crippen molar-refractivity contribution in [2.75, 3.05) is 6.61 Å². The molecule has 1 heterocycles. The number of hydrogen-bond acceptors (Lipinski definition) is 3. The third-order valence-electron chi connectivity index (χ3n) is 1.32. The van der Waals surface area contributed by atoms with Gasteiger partial charge in [-0.05, 0) is 5.92 Å². The van der Waals surface area contributed by atoms with Crippen LogP contribution in [0.3, 0.4) is 0 Å². The van der Waals surface area contributed by atoms with E-state index in [4.69, 9.17) is 5.11 Å². The van der Waals surface area contributed by atoms with Gasteiger partial charge in [-0.2, -0.15) is 0 Å². The Morgan fingerprint density at radius 2 is 2.60 bits per heavy atom. The molecular formula is C7H11NOS. The Labute approximate surface area is 64.5 Å². The lowest BCUT2D eigenvalue weighted by Crippen LogP contribution is -2.03. The molecule has 1 aromatic rings. The normalized spacial score (nSPS) is 13.4. The summed E-state index contributed by atoms with van der Waals surface area (Å²) in [5, 5.41) is 11.8. The zero-order valence-corrected chi connectivity index (χ0v) is 6.77. The summed E-state index contributed by atoms with van der Waals surface area (Å²) in [5.74, 6) is 0.339. The van der Waals surface area contributed by atoms with Gasteiger partial charge >= 0.3 is 0 Å². The fraction of sp³-hybridized carbons (Fsp3) is 0.571. The van der Waals surface area contributed by atoms with Gasteiger partial charge in [-0.25, -0.2) is 4.98 Å². The van der Waals surface area contributed by atoms with Gasteiger partial charge < -0.3 is 5.11 Å². The molecule has 0 saturated heterocycles. The molecule has 56 valence electrons. The Morgan fingerprint density at radius 1 is 1.80 bits per heavy atom. The summed E-state index contributed by atoms with van der Waals surface area (Å²) in [5.41, 5.74) is 0. The zero-order valence-electron chi connectivity index (χ0n) is 5.95. The summed E-state index contributed by atoms with van der Waals surface area (Å²) in [4.78, 5) is 4.11. The monoisotopic (exact) mass is 157 g/mol. The molecule has 0 aliphatic rings. The SMILES string of the molecule is C[C@H](CO)Cc1nccs1. The predicted octanol–water partition coefficient (Wildman–Crippen LogP) is 1.31. The molecule has 0 unspecified atom stereocenters. The second-order valence-electron chi connectivity index (χ2n) is 2.42. The van der Waals surface area contributed by atoms with E-state index in [1.54, 1.807) is 17.5 Å². The number of aliphatic hydroxyl groups excluding tert-OH is 1. The fourth-order valence-corrected chi connectivity index (χ4v) is 1.50. The van der Waals surface area contributed by atoms with E-state index in [0.717, 1.165) is 11.4 Å². The first-order valence-electron chi connectivity index (χ1n) is 3.32. The van der Waals surface area contributed by atoms with Gasteiger partial charge in [0.15, 0.2) is 0 Å². The molecule has 0 aromatic carbocycles. The minimum atomic E-state index is 0.250. The molecule has 1 atom stereocenters. The molecule has 0 bridgehead atoms. The largest absolute Gasteiger partial charge is 0.396 e. The maximum atomic E-state index is 8.71. The summed E-state index contributed by atoms with van der Waals surface area (Å²) in [7, 11) is 0. The number of hydrogen-bond donors (Lipinski definition) is 1. The Balaban J connectivity index is 2.40. The first kappa shape index (κ1) is 7.69. The Morgan fingerprint density at radius 3 is 3.10 bits per heavy atom. The molecule has 2 nitrogen and oxygen atoms in total. The summed E-state index contributed by atoms with van der Waals surface area (Å²) in [6, 6.07) is 0. The van der Waals surface area contributed by atoms with Crippen molar-refractivity contribution >= 4 is 11.3 Å². The first-order chi connectivity index (χ1) is 4.83. The van der Waals surface area contributed by atoms with Gasteiger partial charge in [0.2, 0.25) is 0 Å². The first-order valence-corrected chi connectivity index (χ1v) is 4.20. The molecule has 10 heavy (non-hydrogen) atoms. The standard InChI is InChI=1S/C7H11NOS/c1-6(5-9)4-7-8-2-3-10-7/h2-3,6,9H,4-5H2,1H3/t6-/m0/s1. The van der Waals surface area contributed by atoms with Crippen molar-refractivity contribution in [1.82, 2.24) is 4.98 Å². The molecular weight excluding hydrogens is 146 g/mol. The van der Waals surface area contributed by atoms with Crippen molar-refractivity contribution in [3.05, 3.63) is 16.6 Å². The summed E-state index contributed by atoms with van der Waals surface area (Å²) < 4.78 is 0. The van der Waals surface area contributed by atoms with Crippen LogP contribution in [-0.2, 0) is 6.42 Å². The highest BCUT2D eigenvalue weighted by molar-refractivity contribution is 7.09. The van der Waals surface area contributed by atoms with E-state index in [9.17, 15) is 0 Å². The quantitative estimate of drug-likeness (QED) is 0.717. The smallest absolute Gasteiger partial charge is 0.0928 e. The number of nitrogens with zero attached hydrogens (tertiary/aromatic N) is 1. The van der Waals surface area contributed by atoms with Gasteiger partial charge in [0.05, 0.1) is 5.01 Å². The highest BCUT2D eigenvalue weighted by atomic mass is 32.1. The second kappa shape index (κ2) is 3.68. The van der Waals surface area contributed by atoms with E-state index >= 15 is 0 Å². The van der Waals surface area contributed by atoms with Crippen LogP contribution >= 0.6 is 11.3 Å². The predicted molar refractivity (Wildman–Crippen MR) is 42.1 cm³/mol. The average molecular weight is 157 g/mol. The molecule has 3 heteroatoms. The highest BCUT2D eigenvalue weighted by Crippen LogP contribution is 2.09. The van der Waals surface area contributed by atoms with Crippen molar-refractivity contribution in [2.45, 2.75) is 13.3 Å². The van der Waals surface area contributed by atoms with Gasteiger partial charge in [-0.1, -0.05) is 6.92 Å². The van der Waals surface area contributed by atoms with Crippen molar-refractivity contribution < 1.29 is 5.11 Å². The molecule has 0 spiro atoms. The van der Waals surface area contributed by atoms with E-state index in [-0.39, 0.29) is 6.61 Å². The van der Waals surface area contributed by atoms with Gasteiger partial charge in [-0.15, -0.1) is 11.3 Å². The summed E-state index contributed by atoms with van der Waals surface area (Å²) >= 11 is 1.64. The number of thiazole rings is 1. The minimum absolute atomic E-state index is 0.250. The van der Waals surface area contributed by atoms with Crippen LogP contribution in [-0.4, -0.2) is 16.7 Å². The van der Waals surface area contributed by atoms with Crippen molar-refractivity contribution in [3.8, 4) is 0 Å².